The summed E-state index contributed by atoms with van der Waals surface area (Å²) in [7, 11) is 3.27. The van der Waals surface area contributed by atoms with Gasteiger partial charge in [0, 0.05) is 5.67 Å². The predicted molar refractivity (Wildman–Crippen MR) is 59.1 cm³/mol. The Morgan fingerprint density at radius 3 is 1.91 bits per heavy atom. The van der Waals surface area contributed by atoms with E-state index < -0.39 is 8.07 Å². The molecule has 0 aliphatic carbocycles. The summed E-state index contributed by atoms with van der Waals surface area (Å²) in [4.78, 5) is 2.35. The molecule has 0 radical (unpaired) electrons. The lowest BCUT2D eigenvalue weighted by Gasteiger charge is -2.35. The molecule has 0 aliphatic rings. The van der Waals surface area contributed by atoms with E-state index in [1.165, 1.54) is 6.42 Å². The second-order valence-corrected chi connectivity index (χ2v) is 9.94. The van der Waals surface area contributed by atoms with Crippen molar-refractivity contribution in [1.82, 2.24) is 4.90 Å². The van der Waals surface area contributed by atoms with Gasteiger partial charge >= 0.3 is 0 Å². The van der Waals surface area contributed by atoms with Crippen molar-refractivity contribution in [3.63, 3.8) is 0 Å². The van der Waals surface area contributed by atoms with E-state index in [1.54, 1.807) is 0 Å². The average Bonchev–Trinajstić information content (AvgIpc) is 1.88. The van der Waals surface area contributed by atoms with Gasteiger partial charge in [0.15, 0.2) is 0 Å². The fraction of sp³-hybridized carbons (Fsp3) is 1.00. The normalized spacial score (nSPS) is 15.5. The lowest BCUT2D eigenvalue weighted by molar-refractivity contribution is 0.356. The van der Waals surface area contributed by atoms with Crippen molar-refractivity contribution >= 4 is 20.7 Å². The third kappa shape index (κ3) is 3.17. The molecule has 0 fully saturated rings. The molecule has 0 saturated carbocycles. The first-order chi connectivity index (χ1) is 4.95. The van der Waals surface area contributed by atoms with Crippen LogP contribution in [0.15, 0.2) is 0 Å². The second kappa shape index (κ2) is 4.53. The SMILES string of the molecule is CCC(N(C)C)[Si](C)(C)CS. The van der Waals surface area contributed by atoms with Crippen molar-refractivity contribution in [1.29, 1.82) is 0 Å². The summed E-state index contributed by atoms with van der Waals surface area (Å²) < 4.78 is 0. The molecule has 0 spiro atoms. The van der Waals surface area contributed by atoms with Gasteiger partial charge in [-0.25, -0.2) is 0 Å². The zero-order valence-corrected chi connectivity index (χ0v) is 10.3. The van der Waals surface area contributed by atoms with Gasteiger partial charge in [0.2, 0.25) is 0 Å². The van der Waals surface area contributed by atoms with E-state index in [4.69, 9.17) is 0 Å². The summed E-state index contributed by atoms with van der Waals surface area (Å²) in [6.07, 6.45) is 1.26. The van der Waals surface area contributed by atoms with Crippen LogP contribution >= 0.6 is 12.6 Å². The zero-order valence-electron chi connectivity index (χ0n) is 8.39. The van der Waals surface area contributed by atoms with Gasteiger partial charge in [-0.1, -0.05) is 20.0 Å². The van der Waals surface area contributed by atoms with Crippen LogP contribution in [0.25, 0.3) is 0 Å². The highest BCUT2D eigenvalue weighted by molar-refractivity contribution is 7.82. The Hall–Kier alpha value is 0.527. The van der Waals surface area contributed by atoms with Crippen LogP contribution in [0.3, 0.4) is 0 Å². The number of nitrogens with zero attached hydrogens (tertiary/aromatic N) is 1. The van der Waals surface area contributed by atoms with E-state index in [2.05, 4.69) is 51.6 Å². The number of rotatable bonds is 4. The summed E-state index contributed by atoms with van der Waals surface area (Å²) in [5.74, 6) is 0. The van der Waals surface area contributed by atoms with Gasteiger partial charge in [-0.15, -0.1) is 0 Å². The molecular weight excluding hydrogens is 170 g/mol. The summed E-state index contributed by atoms with van der Waals surface area (Å²) >= 11 is 4.42. The van der Waals surface area contributed by atoms with Gasteiger partial charge in [-0.2, -0.15) is 12.6 Å². The molecule has 1 unspecified atom stereocenters. The van der Waals surface area contributed by atoms with E-state index >= 15 is 0 Å². The van der Waals surface area contributed by atoms with Crippen molar-refractivity contribution in [2.24, 2.45) is 0 Å². The maximum Gasteiger partial charge on any atom is 0.0764 e. The molecule has 11 heavy (non-hydrogen) atoms. The highest BCUT2D eigenvalue weighted by atomic mass is 32.1. The van der Waals surface area contributed by atoms with E-state index in [9.17, 15) is 0 Å². The molecule has 0 heterocycles. The molecule has 0 aliphatic heterocycles. The first-order valence-corrected chi connectivity index (χ1v) is 8.14. The quantitative estimate of drug-likeness (QED) is 0.526. The third-order valence-corrected chi connectivity index (χ3v) is 8.31. The Kier molecular flexibility index (Phi) is 4.74. The summed E-state index contributed by atoms with van der Waals surface area (Å²) in [5, 5.41) is 1.09. The van der Waals surface area contributed by atoms with Crippen molar-refractivity contribution in [2.75, 3.05) is 19.5 Å². The van der Waals surface area contributed by atoms with Gasteiger partial charge in [0.1, 0.15) is 0 Å². The number of thiol groups is 1. The minimum Gasteiger partial charge on any atom is -0.309 e. The summed E-state index contributed by atoms with van der Waals surface area (Å²) in [5.41, 5.74) is 0.778. The molecule has 1 nitrogen and oxygen atoms in total. The van der Waals surface area contributed by atoms with Gasteiger partial charge in [0.25, 0.3) is 0 Å². The Morgan fingerprint density at radius 1 is 1.36 bits per heavy atom. The van der Waals surface area contributed by atoms with E-state index in [1.807, 2.05) is 0 Å². The Morgan fingerprint density at radius 2 is 1.82 bits per heavy atom. The maximum atomic E-state index is 4.42. The van der Waals surface area contributed by atoms with Gasteiger partial charge in [-0.3, -0.25) is 0 Å². The van der Waals surface area contributed by atoms with Gasteiger partial charge in [0.05, 0.1) is 8.07 Å². The van der Waals surface area contributed by atoms with Crippen molar-refractivity contribution in [2.45, 2.75) is 32.1 Å². The fourth-order valence-electron chi connectivity index (χ4n) is 1.72. The van der Waals surface area contributed by atoms with Crippen LogP contribution in [0.1, 0.15) is 13.3 Å². The molecule has 0 saturated heterocycles. The third-order valence-electron chi connectivity index (χ3n) is 2.32. The molecule has 0 aromatic carbocycles. The van der Waals surface area contributed by atoms with Crippen LogP contribution in [0.2, 0.25) is 13.1 Å². The molecule has 0 amide bonds. The standard InChI is InChI=1S/C8H21NSSi/c1-6-8(9(2)3)11(4,5)7-10/h8,10H,6-7H2,1-5H3. The van der Waals surface area contributed by atoms with E-state index in [-0.39, 0.29) is 0 Å². The molecule has 0 N–H and O–H groups in total. The van der Waals surface area contributed by atoms with Gasteiger partial charge < -0.3 is 4.90 Å². The molecule has 0 aromatic rings. The molecule has 3 heteroatoms. The largest absolute Gasteiger partial charge is 0.309 e. The van der Waals surface area contributed by atoms with Crippen LogP contribution < -0.4 is 0 Å². The van der Waals surface area contributed by atoms with Crippen LogP contribution in [0, 0.1) is 0 Å². The minimum atomic E-state index is -1.08. The van der Waals surface area contributed by atoms with Crippen molar-refractivity contribution < 1.29 is 0 Å². The minimum absolute atomic E-state index is 0.778. The molecule has 0 rings (SSSR count). The smallest absolute Gasteiger partial charge is 0.0764 e. The van der Waals surface area contributed by atoms with Crippen molar-refractivity contribution in [3.8, 4) is 0 Å². The van der Waals surface area contributed by atoms with Crippen LogP contribution in [-0.2, 0) is 0 Å². The lowest BCUT2D eigenvalue weighted by atomic mass is 10.4. The first-order valence-electron chi connectivity index (χ1n) is 4.23. The molecular formula is C8H21NSSi. The average molecular weight is 191 g/mol. The maximum absolute atomic E-state index is 4.42. The lowest BCUT2D eigenvalue weighted by Crippen LogP contribution is -2.51. The molecule has 68 valence electrons. The molecule has 0 bridgehead atoms. The fourth-order valence-corrected chi connectivity index (χ4v) is 5.07. The summed E-state index contributed by atoms with van der Waals surface area (Å²) in [6, 6.07) is 0. The van der Waals surface area contributed by atoms with Crippen LogP contribution in [0.5, 0.6) is 0 Å². The summed E-state index contributed by atoms with van der Waals surface area (Å²) in [6.45, 7) is 7.09. The van der Waals surface area contributed by atoms with E-state index in [0.717, 1.165) is 11.0 Å². The van der Waals surface area contributed by atoms with E-state index in [0.29, 0.717) is 0 Å². The Labute approximate surface area is 77.6 Å². The van der Waals surface area contributed by atoms with Crippen LogP contribution in [-0.4, -0.2) is 38.1 Å². The van der Waals surface area contributed by atoms with Crippen LogP contribution in [0.4, 0.5) is 0 Å². The Bertz CT molecular complexity index is 115. The second-order valence-electron chi connectivity index (χ2n) is 4.03. The van der Waals surface area contributed by atoms with Gasteiger partial charge in [-0.05, 0) is 25.9 Å². The topological polar surface area (TPSA) is 3.24 Å². The highest BCUT2D eigenvalue weighted by Crippen LogP contribution is 2.16. The molecule has 0 aromatic heterocycles. The van der Waals surface area contributed by atoms with Crippen molar-refractivity contribution in [3.05, 3.63) is 0 Å². The zero-order chi connectivity index (χ0) is 9.07. The predicted octanol–water partition coefficient (Wildman–Crippen LogP) is 2.04. The first kappa shape index (κ1) is 11.5. The monoisotopic (exact) mass is 191 g/mol. The Balaban J connectivity index is 4.23. The number of hydrogen-bond donors (Lipinski definition) is 1. The molecule has 1 atom stereocenters. The highest BCUT2D eigenvalue weighted by Gasteiger charge is 2.30. The number of hydrogen-bond acceptors (Lipinski definition) is 2.